The van der Waals surface area contributed by atoms with Crippen LogP contribution in [0.1, 0.15) is 0 Å². The van der Waals surface area contributed by atoms with Gasteiger partial charge in [0.1, 0.15) is 4.90 Å². The third kappa shape index (κ3) is 2.96. The van der Waals surface area contributed by atoms with Gasteiger partial charge in [0.05, 0.1) is 11.0 Å². The van der Waals surface area contributed by atoms with Crippen molar-refractivity contribution in [1.29, 1.82) is 0 Å². The Kier molecular flexibility index (Phi) is 3.86. The summed E-state index contributed by atoms with van der Waals surface area (Å²) >= 11 is 11.9. The van der Waals surface area contributed by atoms with Crippen LogP contribution < -0.4 is 4.72 Å². The smallest absolute Gasteiger partial charge is 0.263 e. The normalized spacial score (nSPS) is 11.5. The molecular formula is C13H8Cl2N4O2S. The molecule has 0 saturated carbocycles. The van der Waals surface area contributed by atoms with Crippen LogP contribution in [0.2, 0.25) is 10.2 Å². The van der Waals surface area contributed by atoms with Crippen LogP contribution in [0.3, 0.4) is 0 Å². The first-order valence-corrected chi connectivity index (χ1v) is 8.25. The van der Waals surface area contributed by atoms with E-state index in [4.69, 9.17) is 23.2 Å². The maximum atomic E-state index is 12.2. The largest absolute Gasteiger partial charge is 0.264 e. The van der Waals surface area contributed by atoms with Crippen molar-refractivity contribution in [2.24, 2.45) is 0 Å². The van der Waals surface area contributed by atoms with Gasteiger partial charge >= 0.3 is 0 Å². The van der Waals surface area contributed by atoms with Gasteiger partial charge in [-0.25, -0.2) is 18.4 Å². The van der Waals surface area contributed by atoms with Gasteiger partial charge < -0.3 is 0 Å². The lowest BCUT2D eigenvalue weighted by atomic mass is 10.3. The van der Waals surface area contributed by atoms with Crippen LogP contribution in [0.25, 0.3) is 11.0 Å². The van der Waals surface area contributed by atoms with Crippen LogP contribution in [0.5, 0.6) is 0 Å². The number of halogens is 2. The Balaban J connectivity index is 2.04. The molecule has 3 rings (SSSR count). The predicted octanol–water partition coefficient (Wildman–Crippen LogP) is 3.13. The minimum atomic E-state index is -3.84. The highest BCUT2D eigenvalue weighted by Crippen LogP contribution is 2.25. The molecule has 0 aliphatic carbocycles. The van der Waals surface area contributed by atoms with Crippen LogP contribution in [0, 0.1) is 0 Å². The molecule has 0 amide bonds. The quantitative estimate of drug-likeness (QED) is 0.780. The van der Waals surface area contributed by atoms with E-state index in [2.05, 4.69) is 19.7 Å². The highest BCUT2D eigenvalue weighted by atomic mass is 35.5. The molecule has 0 spiro atoms. The molecule has 0 saturated heterocycles. The number of hydrogen-bond donors (Lipinski definition) is 1. The number of sulfonamides is 1. The molecule has 6 nitrogen and oxygen atoms in total. The number of benzene rings is 1. The molecule has 2 heterocycles. The lowest BCUT2D eigenvalue weighted by Crippen LogP contribution is -2.15. The van der Waals surface area contributed by atoms with Gasteiger partial charge in [0.15, 0.2) is 11.0 Å². The van der Waals surface area contributed by atoms with Gasteiger partial charge in [-0.15, -0.1) is 0 Å². The van der Waals surface area contributed by atoms with Crippen molar-refractivity contribution >= 4 is 50.1 Å². The Labute approximate surface area is 136 Å². The summed E-state index contributed by atoms with van der Waals surface area (Å²) in [6, 6.07) is 7.78. The van der Waals surface area contributed by atoms with E-state index in [1.165, 1.54) is 24.5 Å². The molecule has 0 aliphatic rings. The zero-order chi connectivity index (χ0) is 15.7. The van der Waals surface area contributed by atoms with E-state index in [1.807, 2.05) is 0 Å². The highest BCUT2D eigenvalue weighted by Gasteiger charge is 2.18. The molecule has 3 aromatic rings. The van der Waals surface area contributed by atoms with E-state index >= 15 is 0 Å². The second kappa shape index (κ2) is 5.68. The molecule has 0 aliphatic heterocycles. The molecule has 0 unspecified atom stereocenters. The monoisotopic (exact) mass is 354 g/mol. The van der Waals surface area contributed by atoms with Crippen molar-refractivity contribution in [1.82, 2.24) is 15.0 Å². The van der Waals surface area contributed by atoms with Crippen LogP contribution in [-0.4, -0.2) is 23.4 Å². The number of aromatic nitrogens is 3. The van der Waals surface area contributed by atoms with Crippen LogP contribution in [0.15, 0.2) is 47.6 Å². The lowest BCUT2D eigenvalue weighted by molar-refractivity contribution is 0.600. The van der Waals surface area contributed by atoms with Crippen LogP contribution >= 0.6 is 23.2 Å². The molecule has 0 atom stereocenters. The second-order valence-corrected chi connectivity index (χ2v) is 6.77. The van der Waals surface area contributed by atoms with Gasteiger partial charge in [-0.1, -0.05) is 23.2 Å². The lowest BCUT2D eigenvalue weighted by Gasteiger charge is -2.09. The molecule has 22 heavy (non-hydrogen) atoms. The molecule has 0 bridgehead atoms. The first kappa shape index (κ1) is 15.0. The summed E-state index contributed by atoms with van der Waals surface area (Å²) in [5.74, 6) is -0.0552. The molecule has 112 valence electrons. The van der Waals surface area contributed by atoms with E-state index in [0.29, 0.717) is 16.1 Å². The average molecular weight is 355 g/mol. The Morgan fingerprint density at radius 2 is 1.86 bits per heavy atom. The maximum Gasteiger partial charge on any atom is 0.264 e. The summed E-state index contributed by atoms with van der Waals surface area (Å²) in [5, 5.41) is 0.420. The fourth-order valence-corrected chi connectivity index (χ4v) is 3.14. The zero-order valence-corrected chi connectivity index (χ0v) is 13.2. The molecule has 1 N–H and O–H groups in total. The fourth-order valence-electron chi connectivity index (χ4n) is 1.76. The number of anilines is 1. The Morgan fingerprint density at radius 1 is 1.05 bits per heavy atom. The summed E-state index contributed by atoms with van der Waals surface area (Å²) in [6.07, 6.45) is 2.70. The standard InChI is InChI=1S/C13H8Cl2N4O2S/c14-8-3-4-10-11(6-8)17-12(15)13(18-10)19-22(20,21)9-2-1-5-16-7-9/h1-7H,(H,18,19). The number of hydrogen-bond acceptors (Lipinski definition) is 5. The van der Waals surface area contributed by atoms with Crippen molar-refractivity contribution in [2.45, 2.75) is 4.90 Å². The van der Waals surface area contributed by atoms with E-state index in [0.717, 1.165) is 0 Å². The fraction of sp³-hybridized carbons (Fsp3) is 0. The molecular weight excluding hydrogens is 347 g/mol. The number of nitrogens with one attached hydrogen (secondary N) is 1. The van der Waals surface area contributed by atoms with Crippen molar-refractivity contribution < 1.29 is 8.42 Å². The topological polar surface area (TPSA) is 84.8 Å². The first-order chi connectivity index (χ1) is 10.5. The third-order valence-corrected chi connectivity index (χ3v) is 4.58. The zero-order valence-electron chi connectivity index (χ0n) is 10.9. The van der Waals surface area contributed by atoms with Gasteiger partial charge in [-0.2, -0.15) is 0 Å². The number of pyridine rings is 1. The molecule has 2 aromatic heterocycles. The molecule has 1 aromatic carbocycles. The van der Waals surface area contributed by atoms with Crippen molar-refractivity contribution in [2.75, 3.05) is 4.72 Å². The molecule has 0 fully saturated rings. The van der Waals surface area contributed by atoms with E-state index in [-0.39, 0.29) is 15.9 Å². The highest BCUT2D eigenvalue weighted by molar-refractivity contribution is 7.92. The van der Waals surface area contributed by atoms with Crippen molar-refractivity contribution in [3.8, 4) is 0 Å². The van der Waals surface area contributed by atoms with Gasteiger partial charge in [-0.3, -0.25) is 9.71 Å². The van der Waals surface area contributed by atoms with Gasteiger partial charge in [0.2, 0.25) is 0 Å². The van der Waals surface area contributed by atoms with Gasteiger partial charge in [0.25, 0.3) is 10.0 Å². The third-order valence-electron chi connectivity index (χ3n) is 2.76. The van der Waals surface area contributed by atoms with Crippen molar-refractivity contribution in [3.05, 3.63) is 52.9 Å². The van der Waals surface area contributed by atoms with E-state index in [1.54, 1.807) is 18.2 Å². The minimum absolute atomic E-state index is 0.00377. The van der Waals surface area contributed by atoms with Gasteiger partial charge in [-0.05, 0) is 30.3 Å². The summed E-state index contributed by atoms with van der Waals surface area (Å²) < 4.78 is 26.8. The van der Waals surface area contributed by atoms with Crippen LogP contribution in [-0.2, 0) is 10.0 Å². The minimum Gasteiger partial charge on any atom is -0.263 e. The summed E-state index contributed by atoms with van der Waals surface area (Å²) in [7, 11) is -3.84. The number of fused-ring (bicyclic) bond motifs is 1. The summed E-state index contributed by atoms with van der Waals surface area (Å²) in [5.41, 5.74) is 0.944. The van der Waals surface area contributed by atoms with Gasteiger partial charge in [0, 0.05) is 17.4 Å². The van der Waals surface area contributed by atoms with E-state index < -0.39 is 10.0 Å². The van der Waals surface area contributed by atoms with Crippen molar-refractivity contribution in [3.63, 3.8) is 0 Å². The maximum absolute atomic E-state index is 12.2. The van der Waals surface area contributed by atoms with Crippen LogP contribution in [0.4, 0.5) is 5.82 Å². The predicted molar refractivity (Wildman–Crippen MR) is 84.6 cm³/mol. The number of nitrogens with zero attached hydrogens (tertiary/aromatic N) is 3. The Bertz CT molecular complexity index is 949. The first-order valence-electron chi connectivity index (χ1n) is 6.01. The SMILES string of the molecule is O=S(=O)(Nc1nc2ccc(Cl)cc2nc1Cl)c1cccnc1. The summed E-state index contributed by atoms with van der Waals surface area (Å²) in [4.78, 5) is 12.0. The Morgan fingerprint density at radius 3 is 2.59 bits per heavy atom. The average Bonchev–Trinajstić information content (AvgIpc) is 2.49. The van der Waals surface area contributed by atoms with E-state index in [9.17, 15) is 8.42 Å². The molecule has 0 radical (unpaired) electrons. The number of rotatable bonds is 3. The summed E-state index contributed by atoms with van der Waals surface area (Å²) in [6.45, 7) is 0. The molecule has 9 heteroatoms. The second-order valence-electron chi connectivity index (χ2n) is 4.29. The Hall–Kier alpha value is -1.96.